The van der Waals surface area contributed by atoms with Crippen molar-refractivity contribution in [3.05, 3.63) is 34.9 Å². The number of carbonyl (C=O) groups is 1. The van der Waals surface area contributed by atoms with Crippen LogP contribution in [0.25, 0.3) is 0 Å². The summed E-state index contributed by atoms with van der Waals surface area (Å²) in [7, 11) is 0. The summed E-state index contributed by atoms with van der Waals surface area (Å²) in [5.41, 5.74) is -3.63. The second-order valence-electron chi connectivity index (χ2n) is 8.66. The van der Waals surface area contributed by atoms with Gasteiger partial charge in [-0.3, -0.25) is 9.79 Å². The number of hydrogen-bond donors (Lipinski definition) is 2. The summed E-state index contributed by atoms with van der Waals surface area (Å²) >= 11 is 1.77. The molecule has 1 heterocycles. The standard InChI is InChI=1S/C22H27F6N3OS/c1-13-31-19(12-33-13)11-29-9-14-2-4-15(5-3-14)10-30-20(32)16-6-17(21(23,24)25)8-18(7-16)22(26,27)28/h6-8,14-15,19,29H,2-5,9-12H2,1H3,(H,30,32)/t14-,15-,19?. The lowest BCUT2D eigenvalue weighted by molar-refractivity contribution is -0.143. The van der Waals surface area contributed by atoms with Gasteiger partial charge in [0.2, 0.25) is 0 Å². The van der Waals surface area contributed by atoms with Crippen LogP contribution in [0.5, 0.6) is 0 Å². The SMILES string of the molecule is CC1=NC(CNC[C@H]2CC[C@H](CNC(=O)c3cc(C(F)(F)F)cc(C(F)(F)F)c3)CC2)CS1. The second kappa shape index (κ2) is 10.7. The minimum absolute atomic E-state index is 0.0190. The molecular weight excluding hydrogens is 468 g/mol. The number of hydrogen-bond acceptors (Lipinski definition) is 4. The van der Waals surface area contributed by atoms with Crippen molar-refractivity contribution in [3.8, 4) is 0 Å². The van der Waals surface area contributed by atoms with Gasteiger partial charge >= 0.3 is 12.4 Å². The molecule has 4 nitrogen and oxygen atoms in total. The summed E-state index contributed by atoms with van der Waals surface area (Å²) in [6, 6.07) is 1.25. The Kier molecular flexibility index (Phi) is 8.36. The van der Waals surface area contributed by atoms with Gasteiger partial charge in [0, 0.05) is 24.4 Å². The third kappa shape index (κ3) is 7.63. The van der Waals surface area contributed by atoms with E-state index in [1.165, 1.54) is 0 Å². The molecule has 3 rings (SSSR count). The van der Waals surface area contributed by atoms with Crippen LogP contribution in [0, 0.1) is 11.8 Å². The molecule has 1 atom stereocenters. The Balaban J connectivity index is 1.46. The number of rotatable bonds is 7. The number of benzene rings is 1. The van der Waals surface area contributed by atoms with Crippen molar-refractivity contribution in [2.45, 2.75) is 51.0 Å². The van der Waals surface area contributed by atoms with Gasteiger partial charge in [-0.15, -0.1) is 11.8 Å². The lowest BCUT2D eigenvalue weighted by Crippen LogP contribution is -2.35. The fraction of sp³-hybridized carbons (Fsp3) is 0.636. The van der Waals surface area contributed by atoms with Gasteiger partial charge in [0.25, 0.3) is 5.91 Å². The molecule has 33 heavy (non-hydrogen) atoms. The van der Waals surface area contributed by atoms with Gasteiger partial charge < -0.3 is 10.6 Å². The Hall–Kier alpha value is -1.75. The second-order valence-corrected chi connectivity index (χ2v) is 9.88. The summed E-state index contributed by atoms with van der Waals surface area (Å²) in [6.07, 6.45) is -6.36. The van der Waals surface area contributed by atoms with Crippen LogP contribution in [0.4, 0.5) is 26.3 Å². The van der Waals surface area contributed by atoms with Gasteiger partial charge in [-0.05, 0) is 69.2 Å². The fourth-order valence-electron chi connectivity index (χ4n) is 4.17. The number of alkyl halides is 6. The lowest BCUT2D eigenvalue weighted by Gasteiger charge is -2.29. The smallest absolute Gasteiger partial charge is 0.352 e. The van der Waals surface area contributed by atoms with E-state index in [0.717, 1.165) is 49.6 Å². The summed E-state index contributed by atoms with van der Waals surface area (Å²) in [5, 5.41) is 7.10. The number of carbonyl (C=O) groups excluding carboxylic acids is 1. The quantitative estimate of drug-likeness (QED) is 0.499. The number of halogens is 6. The first-order valence-corrected chi connectivity index (χ1v) is 11.9. The van der Waals surface area contributed by atoms with E-state index in [0.29, 0.717) is 24.1 Å². The highest BCUT2D eigenvalue weighted by atomic mass is 32.2. The average molecular weight is 496 g/mol. The largest absolute Gasteiger partial charge is 0.416 e. The van der Waals surface area contributed by atoms with E-state index in [9.17, 15) is 31.1 Å². The maximum atomic E-state index is 13.0. The molecule has 0 radical (unpaired) electrons. The van der Waals surface area contributed by atoms with Crippen LogP contribution in [0.3, 0.4) is 0 Å². The predicted molar refractivity (Wildman–Crippen MR) is 116 cm³/mol. The normalized spacial score (nSPS) is 24.0. The van der Waals surface area contributed by atoms with Gasteiger partial charge in [0.15, 0.2) is 0 Å². The van der Waals surface area contributed by atoms with E-state index in [2.05, 4.69) is 15.6 Å². The van der Waals surface area contributed by atoms with Crippen molar-refractivity contribution >= 4 is 22.7 Å². The summed E-state index contributed by atoms with van der Waals surface area (Å²) in [5.74, 6) is 0.730. The Labute approximate surface area is 193 Å². The maximum absolute atomic E-state index is 13.0. The van der Waals surface area contributed by atoms with E-state index in [4.69, 9.17) is 0 Å². The van der Waals surface area contributed by atoms with Crippen molar-refractivity contribution in [2.24, 2.45) is 16.8 Å². The molecule has 0 aromatic heterocycles. The molecule has 1 aliphatic carbocycles. The molecule has 1 amide bonds. The fourth-order valence-corrected chi connectivity index (χ4v) is 5.02. The Morgan fingerprint density at radius 3 is 1.97 bits per heavy atom. The number of amides is 1. The first kappa shape index (κ1) is 25.9. The van der Waals surface area contributed by atoms with Gasteiger partial charge in [-0.25, -0.2) is 0 Å². The van der Waals surface area contributed by atoms with Crippen LogP contribution in [0.15, 0.2) is 23.2 Å². The van der Waals surface area contributed by atoms with Crippen molar-refractivity contribution < 1.29 is 31.1 Å². The van der Waals surface area contributed by atoms with Gasteiger partial charge in [0.1, 0.15) is 0 Å². The zero-order valence-electron chi connectivity index (χ0n) is 18.2. The van der Waals surface area contributed by atoms with Gasteiger partial charge in [-0.2, -0.15) is 26.3 Å². The Morgan fingerprint density at radius 2 is 1.48 bits per heavy atom. The molecular formula is C22H27F6N3OS. The molecule has 11 heteroatoms. The van der Waals surface area contributed by atoms with E-state index in [-0.39, 0.29) is 18.5 Å². The third-order valence-electron chi connectivity index (χ3n) is 6.03. The van der Waals surface area contributed by atoms with Gasteiger partial charge in [-0.1, -0.05) is 0 Å². The van der Waals surface area contributed by atoms with E-state index in [1.807, 2.05) is 6.92 Å². The first-order chi connectivity index (χ1) is 15.4. The zero-order chi connectivity index (χ0) is 24.2. The summed E-state index contributed by atoms with van der Waals surface area (Å²) < 4.78 is 78.0. The van der Waals surface area contributed by atoms with Crippen molar-refractivity contribution in [2.75, 3.05) is 25.4 Å². The first-order valence-electron chi connectivity index (χ1n) is 10.9. The summed E-state index contributed by atoms with van der Waals surface area (Å²) in [4.78, 5) is 16.9. The molecule has 1 aromatic rings. The van der Waals surface area contributed by atoms with E-state index >= 15 is 0 Å². The van der Waals surface area contributed by atoms with Crippen molar-refractivity contribution in [1.82, 2.24) is 10.6 Å². The monoisotopic (exact) mass is 495 g/mol. The number of aliphatic imine (C=N–C) groups is 1. The molecule has 1 aromatic carbocycles. The highest BCUT2D eigenvalue weighted by Crippen LogP contribution is 2.36. The Bertz CT molecular complexity index is 830. The zero-order valence-corrected chi connectivity index (χ0v) is 19.0. The maximum Gasteiger partial charge on any atom is 0.416 e. The van der Waals surface area contributed by atoms with Crippen LogP contribution in [-0.2, 0) is 12.4 Å². The lowest BCUT2D eigenvalue weighted by atomic mass is 9.82. The molecule has 1 saturated carbocycles. The average Bonchev–Trinajstić information content (AvgIpc) is 3.16. The third-order valence-corrected chi connectivity index (χ3v) is 7.10. The minimum Gasteiger partial charge on any atom is -0.352 e. The molecule has 2 N–H and O–H groups in total. The van der Waals surface area contributed by atoms with E-state index < -0.39 is 35.0 Å². The molecule has 1 unspecified atom stereocenters. The molecule has 0 spiro atoms. The topological polar surface area (TPSA) is 53.5 Å². The van der Waals surface area contributed by atoms with E-state index in [1.54, 1.807) is 11.8 Å². The predicted octanol–water partition coefficient (Wildman–Crippen LogP) is 5.38. The van der Waals surface area contributed by atoms with Crippen molar-refractivity contribution in [1.29, 1.82) is 0 Å². The van der Waals surface area contributed by atoms with Crippen molar-refractivity contribution in [3.63, 3.8) is 0 Å². The number of nitrogens with zero attached hydrogens (tertiary/aromatic N) is 1. The van der Waals surface area contributed by atoms with Gasteiger partial charge in [0.05, 0.1) is 22.2 Å². The molecule has 0 saturated heterocycles. The highest BCUT2D eigenvalue weighted by Gasteiger charge is 2.37. The highest BCUT2D eigenvalue weighted by molar-refractivity contribution is 8.14. The molecule has 184 valence electrons. The van der Waals surface area contributed by atoms with Crippen LogP contribution in [0.2, 0.25) is 0 Å². The molecule has 0 bridgehead atoms. The Morgan fingerprint density at radius 1 is 0.939 bits per heavy atom. The molecule has 1 fully saturated rings. The minimum atomic E-state index is -4.98. The summed E-state index contributed by atoms with van der Waals surface area (Å²) in [6.45, 7) is 3.97. The van der Waals surface area contributed by atoms with Crippen LogP contribution in [0.1, 0.15) is 54.1 Å². The number of thioether (sulfide) groups is 1. The van der Waals surface area contributed by atoms with Crippen LogP contribution >= 0.6 is 11.8 Å². The molecule has 2 aliphatic rings. The van der Waals surface area contributed by atoms with Crippen LogP contribution < -0.4 is 10.6 Å². The number of nitrogens with one attached hydrogen (secondary N) is 2. The van der Waals surface area contributed by atoms with Crippen LogP contribution in [-0.4, -0.2) is 42.4 Å². The molecule has 1 aliphatic heterocycles.